The minimum Gasteiger partial charge on any atom is -0.493 e. The number of fused-ring (bicyclic) bond motifs is 7. The molecule has 0 fully saturated rings. The molecule has 2 aromatic carbocycles. The third-order valence-corrected chi connectivity index (χ3v) is 6.43. The molecule has 0 aliphatic carbocycles. The molecular formula is C21H24NO4+. The smallest absolute Gasteiger partial charge is 0.231 e. The van der Waals surface area contributed by atoms with Crippen LogP contribution in [0.15, 0.2) is 24.3 Å². The maximum atomic E-state index is 5.64. The van der Waals surface area contributed by atoms with E-state index in [4.69, 9.17) is 18.9 Å². The maximum absolute atomic E-state index is 5.64. The first-order valence-electron chi connectivity index (χ1n) is 9.03. The fraction of sp³-hybridized carbons (Fsp3) is 0.429. The van der Waals surface area contributed by atoms with Crippen LogP contribution in [0.5, 0.6) is 23.0 Å². The van der Waals surface area contributed by atoms with E-state index in [0.717, 1.165) is 40.3 Å². The highest BCUT2D eigenvalue weighted by molar-refractivity contribution is 5.54. The van der Waals surface area contributed by atoms with E-state index in [-0.39, 0.29) is 0 Å². The number of nitrogens with zero attached hydrogens (tertiary/aromatic N) is 1. The van der Waals surface area contributed by atoms with Gasteiger partial charge >= 0.3 is 0 Å². The van der Waals surface area contributed by atoms with Gasteiger partial charge in [0, 0.05) is 24.0 Å². The molecular weight excluding hydrogens is 330 g/mol. The number of likely N-dealkylation sites (N-methyl/N-ethyl adjacent to an activating group) is 1. The fourth-order valence-electron chi connectivity index (χ4n) is 4.95. The molecule has 2 atom stereocenters. The summed E-state index contributed by atoms with van der Waals surface area (Å²) < 4.78 is 23.3. The Bertz CT molecular complexity index is 905. The largest absolute Gasteiger partial charge is 0.493 e. The monoisotopic (exact) mass is 354 g/mol. The number of hydrogen-bond acceptors (Lipinski definition) is 4. The number of hydrogen-bond donors (Lipinski definition) is 0. The van der Waals surface area contributed by atoms with E-state index in [1.54, 1.807) is 14.2 Å². The van der Waals surface area contributed by atoms with Crippen LogP contribution in [0.1, 0.15) is 34.3 Å². The zero-order chi connectivity index (χ0) is 18.1. The van der Waals surface area contributed by atoms with E-state index in [1.165, 1.54) is 22.3 Å². The van der Waals surface area contributed by atoms with Gasteiger partial charge in [0.25, 0.3) is 0 Å². The highest BCUT2D eigenvalue weighted by Crippen LogP contribution is 2.54. The number of quaternary nitrogens is 1. The van der Waals surface area contributed by atoms with Gasteiger partial charge in [-0.3, -0.25) is 0 Å². The fourth-order valence-corrected chi connectivity index (χ4v) is 4.95. The lowest BCUT2D eigenvalue weighted by Crippen LogP contribution is -2.53. The molecule has 0 N–H and O–H groups in total. The molecule has 0 unspecified atom stereocenters. The second-order valence-corrected chi connectivity index (χ2v) is 7.88. The summed E-state index contributed by atoms with van der Waals surface area (Å²) in [5.41, 5.74) is 5.49. The number of ether oxygens (including phenoxy) is 4. The number of rotatable bonds is 2. The van der Waals surface area contributed by atoms with Gasteiger partial charge in [-0.25, -0.2) is 0 Å². The summed E-state index contributed by atoms with van der Waals surface area (Å²) in [6, 6.07) is 9.49. The maximum Gasteiger partial charge on any atom is 0.231 e. The molecule has 3 heterocycles. The van der Waals surface area contributed by atoms with Crippen molar-refractivity contribution in [2.45, 2.75) is 24.9 Å². The van der Waals surface area contributed by atoms with Crippen molar-refractivity contribution >= 4 is 0 Å². The molecule has 0 saturated carbocycles. The van der Waals surface area contributed by atoms with Crippen molar-refractivity contribution in [2.75, 3.05) is 35.1 Å². The summed E-state index contributed by atoms with van der Waals surface area (Å²) in [4.78, 5) is 0. The lowest BCUT2D eigenvalue weighted by atomic mass is 9.75. The van der Waals surface area contributed by atoms with Crippen LogP contribution in [-0.4, -0.2) is 39.6 Å². The van der Waals surface area contributed by atoms with E-state index < -0.39 is 0 Å². The van der Waals surface area contributed by atoms with Gasteiger partial charge in [-0.15, -0.1) is 0 Å². The Labute approximate surface area is 153 Å². The van der Waals surface area contributed by atoms with Crippen LogP contribution in [0, 0.1) is 0 Å². The van der Waals surface area contributed by atoms with Crippen LogP contribution < -0.4 is 18.9 Å². The Hall–Kier alpha value is -2.40. The van der Waals surface area contributed by atoms with Crippen LogP contribution in [0.2, 0.25) is 0 Å². The molecule has 2 aromatic rings. The van der Waals surface area contributed by atoms with Crippen molar-refractivity contribution < 1.29 is 23.4 Å². The predicted molar refractivity (Wildman–Crippen MR) is 97.1 cm³/mol. The van der Waals surface area contributed by atoms with Gasteiger partial charge in [0.2, 0.25) is 6.79 Å². The van der Waals surface area contributed by atoms with Crippen LogP contribution in [0.3, 0.4) is 0 Å². The van der Waals surface area contributed by atoms with Gasteiger partial charge in [-0.05, 0) is 35.4 Å². The molecule has 0 saturated heterocycles. The molecule has 0 spiro atoms. The van der Waals surface area contributed by atoms with Crippen molar-refractivity contribution in [3.05, 3.63) is 46.5 Å². The Balaban J connectivity index is 1.68. The first-order valence-corrected chi connectivity index (χ1v) is 9.03. The van der Waals surface area contributed by atoms with Crippen LogP contribution in [-0.2, 0) is 12.8 Å². The minimum atomic E-state index is 0.319. The number of methoxy groups -OCH3 is 2. The standard InChI is InChI=1S/C21H24NO4/c1-22(2)16-6-13-8-20-21(26-11-25-20)10-15(13)17(22)5-12-7-18(23-3)19(24-4)9-14(12)16/h7-10,16-17H,5-6,11H2,1-4H3/q+1/t16-,17-/m1/s1. The zero-order valence-electron chi connectivity index (χ0n) is 15.7. The summed E-state index contributed by atoms with van der Waals surface area (Å²) in [7, 11) is 8.07. The first-order chi connectivity index (χ1) is 12.5. The second kappa shape index (κ2) is 5.30. The summed E-state index contributed by atoms with van der Waals surface area (Å²) in [6.07, 6.45) is 1.96. The molecule has 5 nitrogen and oxygen atoms in total. The predicted octanol–water partition coefficient (Wildman–Crippen LogP) is 3.40. The van der Waals surface area contributed by atoms with Crippen molar-refractivity contribution in [2.24, 2.45) is 0 Å². The summed E-state index contributed by atoms with van der Waals surface area (Å²) in [6.45, 7) is 0.319. The molecule has 26 heavy (non-hydrogen) atoms. The highest BCUT2D eigenvalue weighted by atomic mass is 16.7. The van der Waals surface area contributed by atoms with E-state index >= 15 is 0 Å². The molecule has 0 radical (unpaired) electrons. The van der Waals surface area contributed by atoms with E-state index in [0.29, 0.717) is 18.9 Å². The van der Waals surface area contributed by atoms with Gasteiger partial charge in [-0.2, -0.15) is 0 Å². The average Bonchev–Trinajstić information content (AvgIpc) is 3.07. The lowest BCUT2D eigenvalue weighted by Gasteiger charge is -2.52. The summed E-state index contributed by atoms with van der Waals surface area (Å²) >= 11 is 0. The Morgan fingerprint density at radius 2 is 1.35 bits per heavy atom. The molecule has 5 heteroatoms. The molecule has 136 valence electrons. The minimum absolute atomic E-state index is 0.319. The molecule has 5 rings (SSSR count). The van der Waals surface area contributed by atoms with Gasteiger partial charge < -0.3 is 23.4 Å². The average molecular weight is 354 g/mol. The molecule has 3 aliphatic rings. The molecule has 2 bridgehead atoms. The van der Waals surface area contributed by atoms with Gasteiger partial charge in [0.05, 0.1) is 28.3 Å². The van der Waals surface area contributed by atoms with Gasteiger partial charge in [0.1, 0.15) is 12.1 Å². The zero-order valence-corrected chi connectivity index (χ0v) is 15.7. The quantitative estimate of drug-likeness (QED) is 0.775. The third kappa shape index (κ3) is 2.01. The lowest BCUT2D eigenvalue weighted by molar-refractivity contribution is -0.955. The Morgan fingerprint density at radius 1 is 0.808 bits per heavy atom. The normalized spacial score (nSPS) is 23.8. The van der Waals surface area contributed by atoms with Gasteiger partial charge in [0.15, 0.2) is 23.0 Å². The van der Waals surface area contributed by atoms with Crippen molar-refractivity contribution in [3.63, 3.8) is 0 Å². The van der Waals surface area contributed by atoms with E-state index in [9.17, 15) is 0 Å². The van der Waals surface area contributed by atoms with Crippen molar-refractivity contribution in [3.8, 4) is 23.0 Å². The van der Waals surface area contributed by atoms with Gasteiger partial charge in [-0.1, -0.05) is 0 Å². The third-order valence-electron chi connectivity index (χ3n) is 6.43. The van der Waals surface area contributed by atoms with E-state index in [1.807, 2.05) is 0 Å². The first kappa shape index (κ1) is 15.8. The molecule has 0 amide bonds. The Kier molecular flexibility index (Phi) is 3.23. The summed E-state index contributed by atoms with van der Waals surface area (Å²) in [5, 5.41) is 0. The topological polar surface area (TPSA) is 36.9 Å². The second-order valence-electron chi connectivity index (χ2n) is 7.88. The van der Waals surface area contributed by atoms with Crippen molar-refractivity contribution in [1.29, 1.82) is 0 Å². The van der Waals surface area contributed by atoms with Crippen LogP contribution in [0.25, 0.3) is 0 Å². The number of benzene rings is 2. The van der Waals surface area contributed by atoms with Crippen LogP contribution >= 0.6 is 0 Å². The SMILES string of the molecule is COc1cc2c(cc1OC)[C@H]1Cc3cc4c(cc3[C@@H](C2)[N+]1(C)C)OCO4. The van der Waals surface area contributed by atoms with E-state index in [2.05, 4.69) is 38.4 Å². The van der Waals surface area contributed by atoms with Crippen molar-refractivity contribution in [1.82, 2.24) is 0 Å². The summed E-state index contributed by atoms with van der Waals surface area (Å²) in [5.74, 6) is 3.37. The van der Waals surface area contributed by atoms with Crippen LogP contribution in [0.4, 0.5) is 0 Å². The Morgan fingerprint density at radius 3 is 2.00 bits per heavy atom. The highest BCUT2D eigenvalue weighted by Gasteiger charge is 2.49. The molecule has 3 aliphatic heterocycles. The molecule has 0 aromatic heterocycles.